The molecule has 6 nitrogen and oxygen atoms in total. The van der Waals surface area contributed by atoms with E-state index < -0.39 is 0 Å². The van der Waals surface area contributed by atoms with Gasteiger partial charge < -0.3 is 29.4 Å². The predicted molar refractivity (Wildman–Crippen MR) is 78.8 cm³/mol. The summed E-state index contributed by atoms with van der Waals surface area (Å²) in [4.78, 5) is 0. The quantitative estimate of drug-likeness (QED) is 0.551. The highest BCUT2D eigenvalue weighted by molar-refractivity contribution is 5.58. The SMILES string of the molecule is COCCCOCCOCc1cc2c(cc1N)OCCO2. The summed E-state index contributed by atoms with van der Waals surface area (Å²) in [6.45, 7) is 4.05. The van der Waals surface area contributed by atoms with Gasteiger partial charge in [-0.2, -0.15) is 0 Å². The molecule has 0 radical (unpaired) electrons. The van der Waals surface area contributed by atoms with Crippen LogP contribution in [0.1, 0.15) is 12.0 Å². The summed E-state index contributed by atoms with van der Waals surface area (Å²) in [5.41, 5.74) is 7.53. The number of ether oxygens (including phenoxy) is 5. The van der Waals surface area contributed by atoms with Crippen molar-refractivity contribution in [3.8, 4) is 11.5 Å². The van der Waals surface area contributed by atoms with E-state index in [-0.39, 0.29) is 0 Å². The molecule has 0 atom stereocenters. The zero-order chi connectivity index (χ0) is 14.9. The molecule has 0 fully saturated rings. The van der Waals surface area contributed by atoms with Crippen molar-refractivity contribution >= 4 is 5.69 Å². The van der Waals surface area contributed by atoms with Crippen molar-refractivity contribution in [3.05, 3.63) is 17.7 Å². The summed E-state index contributed by atoms with van der Waals surface area (Å²) in [5, 5.41) is 0. The molecule has 6 heteroatoms. The molecule has 0 saturated carbocycles. The Kier molecular flexibility index (Phi) is 6.59. The molecular weight excluding hydrogens is 274 g/mol. The first-order valence-corrected chi connectivity index (χ1v) is 7.13. The topological polar surface area (TPSA) is 72.2 Å². The highest BCUT2D eigenvalue weighted by atomic mass is 16.6. The molecular formula is C15H23NO5. The van der Waals surface area contributed by atoms with Gasteiger partial charge in [-0.05, 0) is 12.5 Å². The van der Waals surface area contributed by atoms with Crippen molar-refractivity contribution in [3.63, 3.8) is 0 Å². The Morgan fingerprint density at radius 1 is 1.00 bits per heavy atom. The van der Waals surface area contributed by atoms with E-state index in [1.54, 1.807) is 13.2 Å². The van der Waals surface area contributed by atoms with Crippen molar-refractivity contribution in [2.45, 2.75) is 13.0 Å². The van der Waals surface area contributed by atoms with Gasteiger partial charge in [-0.3, -0.25) is 0 Å². The second-order valence-electron chi connectivity index (χ2n) is 4.71. The Labute approximate surface area is 125 Å². The van der Waals surface area contributed by atoms with E-state index >= 15 is 0 Å². The van der Waals surface area contributed by atoms with Crippen LogP contribution in [0.4, 0.5) is 5.69 Å². The van der Waals surface area contributed by atoms with E-state index in [4.69, 9.17) is 29.4 Å². The van der Waals surface area contributed by atoms with Gasteiger partial charge >= 0.3 is 0 Å². The molecule has 1 aliphatic heterocycles. The number of methoxy groups -OCH3 is 1. The Hall–Kier alpha value is -1.50. The maximum absolute atomic E-state index is 5.98. The van der Waals surface area contributed by atoms with Crippen LogP contribution in [-0.2, 0) is 20.8 Å². The first-order chi connectivity index (χ1) is 10.3. The highest BCUT2D eigenvalue weighted by Crippen LogP contribution is 2.34. The number of fused-ring (bicyclic) bond motifs is 1. The van der Waals surface area contributed by atoms with Gasteiger partial charge in [-0.1, -0.05) is 0 Å². The lowest BCUT2D eigenvalue weighted by Crippen LogP contribution is -2.16. The van der Waals surface area contributed by atoms with Crippen molar-refractivity contribution in [1.82, 2.24) is 0 Å². The van der Waals surface area contributed by atoms with Crippen molar-refractivity contribution < 1.29 is 23.7 Å². The van der Waals surface area contributed by atoms with Gasteiger partial charge in [0, 0.05) is 37.6 Å². The average molecular weight is 297 g/mol. The van der Waals surface area contributed by atoms with Crippen LogP contribution in [0.5, 0.6) is 11.5 Å². The fraction of sp³-hybridized carbons (Fsp3) is 0.600. The number of benzene rings is 1. The van der Waals surface area contributed by atoms with Gasteiger partial charge in [0.2, 0.25) is 0 Å². The fourth-order valence-corrected chi connectivity index (χ4v) is 1.98. The molecule has 2 N–H and O–H groups in total. The number of nitrogen functional groups attached to an aromatic ring is 1. The zero-order valence-electron chi connectivity index (χ0n) is 12.4. The molecule has 0 amide bonds. The van der Waals surface area contributed by atoms with Crippen LogP contribution in [0.2, 0.25) is 0 Å². The second-order valence-corrected chi connectivity index (χ2v) is 4.71. The summed E-state index contributed by atoms with van der Waals surface area (Å²) in [6.07, 6.45) is 0.894. The Balaban J connectivity index is 1.68. The van der Waals surface area contributed by atoms with E-state index in [1.165, 1.54) is 0 Å². The van der Waals surface area contributed by atoms with Crippen LogP contribution in [-0.4, -0.2) is 46.8 Å². The van der Waals surface area contributed by atoms with Crippen molar-refractivity contribution in [1.29, 1.82) is 0 Å². The molecule has 1 aliphatic rings. The third-order valence-corrected chi connectivity index (χ3v) is 3.07. The largest absolute Gasteiger partial charge is 0.486 e. The smallest absolute Gasteiger partial charge is 0.163 e. The number of hydrogen-bond donors (Lipinski definition) is 1. The van der Waals surface area contributed by atoms with Gasteiger partial charge in [0.1, 0.15) is 13.2 Å². The van der Waals surface area contributed by atoms with E-state index in [2.05, 4.69) is 0 Å². The van der Waals surface area contributed by atoms with Crippen LogP contribution in [0.15, 0.2) is 12.1 Å². The van der Waals surface area contributed by atoms with E-state index in [9.17, 15) is 0 Å². The molecule has 0 saturated heterocycles. The van der Waals surface area contributed by atoms with E-state index in [1.807, 2.05) is 6.07 Å². The lowest BCUT2D eigenvalue weighted by atomic mass is 10.1. The molecule has 21 heavy (non-hydrogen) atoms. The number of nitrogens with two attached hydrogens (primary N) is 1. The fourth-order valence-electron chi connectivity index (χ4n) is 1.98. The summed E-state index contributed by atoms with van der Waals surface area (Å²) in [5.74, 6) is 1.42. The minimum atomic E-state index is 0.434. The minimum Gasteiger partial charge on any atom is -0.486 e. The third-order valence-electron chi connectivity index (χ3n) is 3.07. The van der Waals surface area contributed by atoms with Crippen LogP contribution >= 0.6 is 0 Å². The molecule has 0 aliphatic carbocycles. The van der Waals surface area contributed by atoms with Gasteiger partial charge in [0.15, 0.2) is 11.5 Å². The van der Waals surface area contributed by atoms with E-state index in [0.29, 0.717) is 57.7 Å². The molecule has 0 aromatic heterocycles. The second kappa shape index (κ2) is 8.71. The lowest BCUT2D eigenvalue weighted by molar-refractivity contribution is 0.0337. The molecule has 1 aromatic rings. The van der Waals surface area contributed by atoms with Gasteiger partial charge in [0.25, 0.3) is 0 Å². The van der Waals surface area contributed by atoms with Crippen molar-refractivity contribution in [2.24, 2.45) is 0 Å². The number of hydrogen-bond acceptors (Lipinski definition) is 6. The summed E-state index contributed by atoms with van der Waals surface area (Å²) >= 11 is 0. The molecule has 0 bridgehead atoms. The molecule has 2 rings (SSSR count). The predicted octanol–water partition coefficient (Wildman–Crippen LogP) is 1.61. The molecule has 1 aromatic carbocycles. The lowest BCUT2D eigenvalue weighted by Gasteiger charge is -2.20. The van der Waals surface area contributed by atoms with Gasteiger partial charge in [0.05, 0.1) is 19.8 Å². The monoisotopic (exact) mass is 297 g/mol. The standard InChI is InChI=1S/C15H23NO5/c1-17-3-2-4-18-5-6-19-11-12-9-14-15(10-13(12)16)21-8-7-20-14/h9-10H,2-8,11,16H2,1H3. The molecule has 118 valence electrons. The first-order valence-electron chi connectivity index (χ1n) is 7.13. The Bertz CT molecular complexity index is 438. The molecule has 1 heterocycles. The average Bonchev–Trinajstić information content (AvgIpc) is 2.50. The van der Waals surface area contributed by atoms with E-state index in [0.717, 1.165) is 17.7 Å². The zero-order valence-corrected chi connectivity index (χ0v) is 12.4. The van der Waals surface area contributed by atoms with Gasteiger partial charge in [-0.25, -0.2) is 0 Å². The molecule has 0 unspecified atom stereocenters. The third kappa shape index (κ3) is 5.08. The first kappa shape index (κ1) is 15.9. The van der Waals surface area contributed by atoms with Crippen LogP contribution in [0.25, 0.3) is 0 Å². The summed E-state index contributed by atoms with van der Waals surface area (Å²) in [7, 11) is 1.68. The Morgan fingerprint density at radius 2 is 1.71 bits per heavy atom. The summed E-state index contributed by atoms with van der Waals surface area (Å²) < 4.78 is 26.9. The maximum atomic E-state index is 5.98. The van der Waals surface area contributed by atoms with Crippen molar-refractivity contribution in [2.75, 3.05) is 52.5 Å². The summed E-state index contributed by atoms with van der Waals surface area (Å²) in [6, 6.07) is 3.66. The normalized spacial score (nSPS) is 13.4. The van der Waals surface area contributed by atoms with Crippen LogP contribution in [0, 0.1) is 0 Å². The van der Waals surface area contributed by atoms with Gasteiger partial charge in [-0.15, -0.1) is 0 Å². The molecule has 0 spiro atoms. The number of rotatable bonds is 9. The van der Waals surface area contributed by atoms with Crippen LogP contribution < -0.4 is 15.2 Å². The highest BCUT2D eigenvalue weighted by Gasteiger charge is 2.14. The maximum Gasteiger partial charge on any atom is 0.163 e. The Morgan fingerprint density at radius 3 is 2.48 bits per heavy atom. The number of anilines is 1. The minimum absolute atomic E-state index is 0.434. The van der Waals surface area contributed by atoms with Crippen LogP contribution in [0.3, 0.4) is 0 Å².